The van der Waals surface area contributed by atoms with Gasteiger partial charge in [-0.1, -0.05) is 118 Å². The second-order valence-corrected chi connectivity index (χ2v) is 17.3. The molecule has 232 valence electrons. The van der Waals surface area contributed by atoms with Crippen LogP contribution in [0.1, 0.15) is 37.5 Å². The van der Waals surface area contributed by atoms with Gasteiger partial charge in [0.15, 0.2) is 14.6 Å². The molecule has 1 heterocycles. The fourth-order valence-corrected chi connectivity index (χ4v) is 5.70. The maximum Gasteiger partial charge on any atom is 0.192 e. The normalized spacial score (nSPS) is 22.8. The quantitative estimate of drug-likeness (QED) is 0.131. The van der Waals surface area contributed by atoms with Crippen LogP contribution in [0.2, 0.25) is 18.1 Å². The maximum atomic E-state index is 6.73. The van der Waals surface area contributed by atoms with E-state index in [1.807, 2.05) is 66.7 Å². The molecule has 1 aliphatic rings. The molecular formula is C36H48O6Si. The number of rotatable bonds is 15. The molecule has 0 amide bonds. The van der Waals surface area contributed by atoms with Gasteiger partial charge in [-0.15, -0.1) is 6.58 Å². The summed E-state index contributed by atoms with van der Waals surface area (Å²) in [6, 6.07) is 30.4. The molecule has 0 N–H and O–H groups in total. The zero-order valence-corrected chi connectivity index (χ0v) is 27.3. The SMILES string of the molecule is C=CCO[C@H]1O[C@@H](CO[Si](C)(C)C(C)(C)C)[C@H](OCc2ccccc2)[C@@H](OCc2ccccc2)[C@@H]1OCc1ccccc1. The number of hydrogen-bond donors (Lipinski definition) is 0. The van der Waals surface area contributed by atoms with Crippen molar-refractivity contribution in [3.05, 3.63) is 120 Å². The van der Waals surface area contributed by atoms with Gasteiger partial charge in [0.1, 0.15) is 24.4 Å². The van der Waals surface area contributed by atoms with Crippen LogP contribution >= 0.6 is 0 Å². The molecule has 0 saturated carbocycles. The highest BCUT2D eigenvalue weighted by molar-refractivity contribution is 6.74. The Balaban J connectivity index is 1.66. The predicted molar refractivity (Wildman–Crippen MR) is 173 cm³/mol. The molecule has 5 atom stereocenters. The van der Waals surface area contributed by atoms with E-state index in [9.17, 15) is 0 Å². The van der Waals surface area contributed by atoms with Crippen LogP contribution in [0.4, 0.5) is 0 Å². The van der Waals surface area contributed by atoms with Crippen LogP contribution in [0.15, 0.2) is 104 Å². The standard InChI is InChI=1S/C36H48O6Si/c1-7-23-37-35-34(40-26-30-21-15-10-16-22-30)33(39-25-29-19-13-9-14-20-29)32(38-24-28-17-11-8-12-18-28)31(42-35)27-41-43(5,6)36(2,3)4/h7-22,31-35H,1,23-27H2,2-6H3/t31-,32-,33+,34-,35-/m0/s1. The topological polar surface area (TPSA) is 55.4 Å². The highest BCUT2D eigenvalue weighted by atomic mass is 28.4. The molecule has 0 aromatic heterocycles. The lowest BCUT2D eigenvalue weighted by Crippen LogP contribution is -2.62. The zero-order valence-electron chi connectivity index (χ0n) is 26.3. The summed E-state index contributed by atoms with van der Waals surface area (Å²) in [7, 11) is -2.09. The van der Waals surface area contributed by atoms with E-state index >= 15 is 0 Å². The molecule has 6 nitrogen and oxygen atoms in total. The average Bonchev–Trinajstić information content (AvgIpc) is 3.01. The Labute approximate surface area is 259 Å². The Bertz CT molecular complexity index is 1210. The van der Waals surface area contributed by atoms with Crippen LogP contribution in [0.3, 0.4) is 0 Å². The van der Waals surface area contributed by atoms with E-state index < -0.39 is 39.0 Å². The minimum Gasteiger partial charge on any atom is -0.414 e. The monoisotopic (exact) mass is 604 g/mol. The van der Waals surface area contributed by atoms with Crippen molar-refractivity contribution in [1.29, 1.82) is 0 Å². The van der Waals surface area contributed by atoms with Crippen molar-refractivity contribution in [2.75, 3.05) is 13.2 Å². The second kappa shape index (κ2) is 15.9. The summed E-state index contributed by atoms with van der Waals surface area (Å²) < 4.78 is 39.6. The van der Waals surface area contributed by atoms with E-state index in [-0.39, 0.29) is 5.04 Å². The van der Waals surface area contributed by atoms with Gasteiger partial charge in [-0.05, 0) is 34.8 Å². The van der Waals surface area contributed by atoms with Crippen molar-refractivity contribution >= 4 is 8.32 Å². The molecule has 43 heavy (non-hydrogen) atoms. The van der Waals surface area contributed by atoms with Crippen molar-refractivity contribution in [1.82, 2.24) is 0 Å². The molecule has 0 radical (unpaired) electrons. The Morgan fingerprint density at radius 2 is 1.12 bits per heavy atom. The molecule has 0 spiro atoms. The Morgan fingerprint density at radius 3 is 1.56 bits per heavy atom. The van der Waals surface area contributed by atoms with Crippen LogP contribution < -0.4 is 0 Å². The zero-order chi connectivity index (χ0) is 30.7. The molecule has 1 fully saturated rings. The van der Waals surface area contributed by atoms with E-state index in [1.54, 1.807) is 6.08 Å². The van der Waals surface area contributed by atoms with Gasteiger partial charge in [-0.2, -0.15) is 0 Å². The summed E-state index contributed by atoms with van der Waals surface area (Å²) in [6.07, 6.45) is -0.954. The maximum absolute atomic E-state index is 6.73. The minimum absolute atomic E-state index is 0.0470. The van der Waals surface area contributed by atoms with Crippen LogP contribution in [0, 0.1) is 0 Å². The van der Waals surface area contributed by atoms with Gasteiger partial charge in [-0.3, -0.25) is 0 Å². The number of ether oxygens (including phenoxy) is 5. The van der Waals surface area contributed by atoms with Gasteiger partial charge in [0.05, 0.1) is 33.0 Å². The first kappa shape index (κ1) is 33.3. The summed E-state index contributed by atoms with van der Waals surface area (Å²) in [5.74, 6) is 0. The molecule has 4 rings (SSSR count). The molecular weight excluding hydrogens is 556 g/mol. The first-order chi connectivity index (χ1) is 20.7. The lowest BCUT2D eigenvalue weighted by Gasteiger charge is -2.47. The van der Waals surface area contributed by atoms with Crippen molar-refractivity contribution in [3.63, 3.8) is 0 Å². The average molecular weight is 605 g/mol. The smallest absolute Gasteiger partial charge is 0.192 e. The third-order valence-electron chi connectivity index (χ3n) is 8.24. The van der Waals surface area contributed by atoms with E-state index in [0.29, 0.717) is 33.0 Å². The molecule has 1 aliphatic heterocycles. The van der Waals surface area contributed by atoms with Crippen LogP contribution in [-0.2, 0) is 47.9 Å². The molecule has 3 aromatic carbocycles. The molecule has 0 bridgehead atoms. The van der Waals surface area contributed by atoms with Crippen LogP contribution in [0.25, 0.3) is 0 Å². The third-order valence-corrected chi connectivity index (χ3v) is 12.7. The van der Waals surface area contributed by atoms with Crippen molar-refractivity contribution in [2.45, 2.75) is 89.4 Å². The van der Waals surface area contributed by atoms with Crippen molar-refractivity contribution in [2.24, 2.45) is 0 Å². The second-order valence-electron chi connectivity index (χ2n) is 12.5. The first-order valence-corrected chi connectivity index (χ1v) is 18.1. The summed E-state index contributed by atoms with van der Waals surface area (Å²) in [4.78, 5) is 0. The Kier molecular flexibility index (Phi) is 12.3. The molecule has 0 aliphatic carbocycles. The fourth-order valence-electron chi connectivity index (χ4n) is 4.68. The predicted octanol–water partition coefficient (Wildman–Crippen LogP) is 7.69. The summed E-state index contributed by atoms with van der Waals surface area (Å²) in [5.41, 5.74) is 3.19. The van der Waals surface area contributed by atoms with Crippen molar-refractivity contribution < 1.29 is 28.1 Å². The lowest BCUT2D eigenvalue weighted by molar-refractivity contribution is -0.324. The first-order valence-electron chi connectivity index (χ1n) is 15.2. The minimum atomic E-state index is -2.09. The van der Waals surface area contributed by atoms with E-state index in [1.165, 1.54) is 0 Å². The van der Waals surface area contributed by atoms with Gasteiger partial charge in [0.2, 0.25) is 0 Å². The highest BCUT2D eigenvalue weighted by Crippen LogP contribution is 2.38. The van der Waals surface area contributed by atoms with E-state index in [4.69, 9.17) is 28.1 Å². The van der Waals surface area contributed by atoms with Gasteiger partial charge in [0, 0.05) is 0 Å². The molecule has 3 aromatic rings. The largest absolute Gasteiger partial charge is 0.414 e. The number of benzene rings is 3. The van der Waals surface area contributed by atoms with Crippen LogP contribution in [0.5, 0.6) is 0 Å². The fraction of sp³-hybridized carbons (Fsp3) is 0.444. The van der Waals surface area contributed by atoms with Crippen molar-refractivity contribution in [3.8, 4) is 0 Å². The van der Waals surface area contributed by atoms with Gasteiger partial charge < -0.3 is 28.1 Å². The molecule has 7 heteroatoms. The summed E-state index contributed by atoms with van der Waals surface area (Å²) in [5, 5.41) is 0.0470. The third kappa shape index (κ3) is 9.68. The summed E-state index contributed by atoms with van der Waals surface area (Å²) >= 11 is 0. The number of hydrogen-bond acceptors (Lipinski definition) is 6. The van der Waals surface area contributed by atoms with E-state index in [2.05, 4.69) is 64.7 Å². The Hall–Kier alpha value is -2.62. The summed E-state index contributed by atoms with van der Waals surface area (Å²) in [6.45, 7) is 16.9. The van der Waals surface area contributed by atoms with E-state index in [0.717, 1.165) is 16.7 Å². The lowest BCUT2D eigenvalue weighted by atomic mass is 9.98. The molecule has 0 unspecified atom stereocenters. The highest BCUT2D eigenvalue weighted by Gasteiger charge is 2.50. The van der Waals surface area contributed by atoms with Gasteiger partial charge in [0.25, 0.3) is 0 Å². The molecule has 1 saturated heterocycles. The van der Waals surface area contributed by atoms with Crippen LogP contribution in [-0.4, -0.2) is 52.2 Å². The van der Waals surface area contributed by atoms with Gasteiger partial charge >= 0.3 is 0 Å². The Morgan fingerprint density at radius 1 is 0.674 bits per heavy atom. The van der Waals surface area contributed by atoms with Gasteiger partial charge in [-0.25, -0.2) is 0 Å².